The van der Waals surface area contributed by atoms with E-state index in [1.54, 1.807) is 0 Å². The van der Waals surface area contributed by atoms with Gasteiger partial charge in [0.25, 0.3) is 0 Å². The standard InChI is InChI=1S/C19H23NO2/c1-2-3-13-19(20,18(21)22)14-15-9-11-17(12-10-15)16-7-5-4-6-8-16/h4-12H,2-3,13-14,20H2,1H3,(H,21,22)/t19-/m1/s1. The van der Waals surface area contributed by atoms with Gasteiger partial charge in [0.2, 0.25) is 0 Å². The maximum atomic E-state index is 11.5. The Kier molecular flexibility index (Phi) is 5.34. The molecule has 0 amide bonds. The number of unbranched alkanes of at least 4 members (excludes halogenated alkanes) is 1. The van der Waals surface area contributed by atoms with Crippen molar-refractivity contribution in [3.05, 3.63) is 60.2 Å². The number of carbonyl (C=O) groups is 1. The van der Waals surface area contributed by atoms with Crippen LogP contribution in [0.15, 0.2) is 54.6 Å². The molecule has 0 saturated carbocycles. The highest BCUT2D eigenvalue weighted by Gasteiger charge is 2.33. The number of rotatable bonds is 7. The maximum Gasteiger partial charge on any atom is 0.324 e. The molecule has 22 heavy (non-hydrogen) atoms. The fourth-order valence-electron chi connectivity index (χ4n) is 2.57. The molecule has 116 valence electrons. The SMILES string of the molecule is CCCC[C@@](N)(Cc1ccc(-c2ccccc2)cc1)C(=O)O. The summed E-state index contributed by atoms with van der Waals surface area (Å²) in [5.74, 6) is -0.923. The van der Waals surface area contributed by atoms with Gasteiger partial charge in [-0.05, 0) is 23.1 Å². The van der Waals surface area contributed by atoms with Gasteiger partial charge in [-0.3, -0.25) is 4.79 Å². The lowest BCUT2D eigenvalue weighted by Gasteiger charge is -2.24. The van der Waals surface area contributed by atoms with Gasteiger partial charge in [-0.15, -0.1) is 0 Å². The van der Waals surface area contributed by atoms with Crippen molar-refractivity contribution >= 4 is 5.97 Å². The zero-order valence-corrected chi connectivity index (χ0v) is 13.0. The fourth-order valence-corrected chi connectivity index (χ4v) is 2.57. The molecule has 2 aromatic carbocycles. The lowest BCUT2D eigenvalue weighted by atomic mass is 9.86. The smallest absolute Gasteiger partial charge is 0.324 e. The first-order valence-corrected chi connectivity index (χ1v) is 7.72. The van der Waals surface area contributed by atoms with Gasteiger partial charge in [0.15, 0.2) is 0 Å². The van der Waals surface area contributed by atoms with Crippen LogP contribution in [0.1, 0.15) is 31.7 Å². The summed E-state index contributed by atoms with van der Waals surface area (Å²) in [4.78, 5) is 11.5. The molecule has 0 aliphatic rings. The van der Waals surface area contributed by atoms with Gasteiger partial charge in [-0.2, -0.15) is 0 Å². The molecule has 0 bridgehead atoms. The summed E-state index contributed by atoms with van der Waals surface area (Å²) in [6.45, 7) is 2.04. The molecule has 3 N–H and O–H groups in total. The second-order valence-electron chi connectivity index (χ2n) is 5.80. The largest absolute Gasteiger partial charge is 0.480 e. The topological polar surface area (TPSA) is 63.3 Å². The molecule has 0 heterocycles. The van der Waals surface area contributed by atoms with E-state index in [2.05, 4.69) is 12.1 Å². The summed E-state index contributed by atoms with van der Waals surface area (Å²) in [5, 5.41) is 9.43. The quantitative estimate of drug-likeness (QED) is 0.815. The Morgan fingerprint density at radius 3 is 2.18 bits per heavy atom. The van der Waals surface area contributed by atoms with Crippen LogP contribution in [0.5, 0.6) is 0 Å². The van der Waals surface area contributed by atoms with Crippen molar-refractivity contribution in [1.82, 2.24) is 0 Å². The second kappa shape index (κ2) is 7.23. The molecule has 2 rings (SSSR count). The van der Waals surface area contributed by atoms with E-state index in [1.807, 2.05) is 49.4 Å². The number of aliphatic carboxylic acids is 1. The Bertz CT molecular complexity index is 607. The number of carboxylic acid groups (broad SMARTS) is 1. The molecule has 3 heteroatoms. The summed E-state index contributed by atoms with van der Waals surface area (Å²) >= 11 is 0. The lowest BCUT2D eigenvalue weighted by molar-refractivity contribution is -0.143. The summed E-state index contributed by atoms with van der Waals surface area (Å²) < 4.78 is 0. The van der Waals surface area contributed by atoms with E-state index in [-0.39, 0.29) is 0 Å². The van der Waals surface area contributed by atoms with Crippen LogP contribution in [-0.2, 0) is 11.2 Å². The van der Waals surface area contributed by atoms with Crippen molar-refractivity contribution < 1.29 is 9.90 Å². The summed E-state index contributed by atoms with van der Waals surface area (Å²) in [6.07, 6.45) is 2.63. The van der Waals surface area contributed by atoms with E-state index in [0.717, 1.165) is 29.5 Å². The molecule has 0 spiro atoms. The van der Waals surface area contributed by atoms with Crippen LogP contribution in [0.3, 0.4) is 0 Å². The van der Waals surface area contributed by atoms with E-state index in [1.165, 1.54) is 0 Å². The van der Waals surface area contributed by atoms with Gasteiger partial charge >= 0.3 is 5.97 Å². The van der Waals surface area contributed by atoms with Gasteiger partial charge in [0.05, 0.1) is 0 Å². The van der Waals surface area contributed by atoms with E-state index < -0.39 is 11.5 Å². The number of carboxylic acids is 1. The molecule has 0 aliphatic carbocycles. The predicted octanol–water partition coefficient (Wildman–Crippen LogP) is 3.87. The number of benzene rings is 2. The lowest BCUT2D eigenvalue weighted by Crippen LogP contribution is -2.49. The first-order valence-electron chi connectivity index (χ1n) is 7.72. The zero-order chi connectivity index (χ0) is 16.0. The molecule has 2 aromatic rings. The summed E-state index contributed by atoms with van der Waals surface area (Å²) in [5.41, 5.74) is 8.16. The molecule has 0 unspecified atom stereocenters. The molecule has 0 fully saturated rings. The van der Waals surface area contributed by atoms with Crippen molar-refractivity contribution in [3.8, 4) is 11.1 Å². The third-order valence-electron chi connectivity index (χ3n) is 3.98. The average Bonchev–Trinajstić information content (AvgIpc) is 2.54. The van der Waals surface area contributed by atoms with Crippen LogP contribution in [0.25, 0.3) is 11.1 Å². The van der Waals surface area contributed by atoms with E-state index in [0.29, 0.717) is 12.8 Å². The van der Waals surface area contributed by atoms with Crippen LogP contribution >= 0.6 is 0 Å². The van der Waals surface area contributed by atoms with Crippen molar-refractivity contribution in [2.45, 2.75) is 38.1 Å². The van der Waals surface area contributed by atoms with Crippen LogP contribution in [0.2, 0.25) is 0 Å². The van der Waals surface area contributed by atoms with Crippen LogP contribution in [-0.4, -0.2) is 16.6 Å². The summed E-state index contributed by atoms with van der Waals surface area (Å²) in [6, 6.07) is 18.1. The molecule has 0 aromatic heterocycles. The van der Waals surface area contributed by atoms with Gasteiger partial charge in [-0.25, -0.2) is 0 Å². The highest BCUT2D eigenvalue weighted by atomic mass is 16.4. The van der Waals surface area contributed by atoms with Crippen molar-refractivity contribution in [3.63, 3.8) is 0 Å². The molecule has 0 saturated heterocycles. The molecule has 0 radical (unpaired) electrons. The Labute approximate surface area is 131 Å². The average molecular weight is 297 g/mol. The Balaban J connectivity index is 2.14. The van der Waals surface area contributed by atoms with E-state index >= 15 is 0 Å². The molecular weight excluding hydrogens is 274 g/mol. The van der Waals surface area contributed by atoms with Crippen LogP contribution in [0, 0.1) is 0 Å². The minimum atomic E-state index is -1.18. The molecular formula is C19H23NO2. The molecule has 0 aliphatic heterocycles. The Morgan fingerprint density at radius 1 is 1.05 bits per heavy atom. The highest BCUT2D eigenvalue weighted by Crippen LogP contribution is 2.22. The Morgan fingerprint density at radius 2 is 1.64 bits per heavy atom. The van der Waals surface area contributed by atoms with Crippen molar-refractivity contribution in [1.29, 1.82) is 0 Å². The second-order valence-corrected chi connectivity index (χ2v) is 5.80. The Hall–Kier alpha value is -2.13. The normalized spacial score (nSPS) is 13.5. The van der Waals surface area contributed by atoms with Crippen molar-refractivity contribution in [2.24, 2.45) is 5.73 Å². The first-order chi connectivity index (χ1) is 10.5. The van der Waals surface area contributed by atoms with E-state index in [9.17, 15) is 9.90 Å². The van der Waals surface area contributed by atoms with Gasteiger partial charge < -0.3 is 10.8 Å². The minimum Gasteiger partial charge on any atom is -0.480 e. The van der Waals surface area contributed by atoms with Crippen LogP contribution in [0.4, 0.5) is 0 Å². The zero-order valence-electron chi connectivity index (χ0n) is 13.0. The fraction of sp³-hybridized carbons (Fsp3) is 0.316. The monoisotopic (exact) mass is 297 g/mol. The minimum absolute atomic E-state index is 0.359. The molecule has 3 nitrogen and oxygen atoms in total. The highest BCUT2D eigenvalue weighted by molar-refractivity contribution is 5.79. The maximum absolute atomic E-state index is 11.5. The van der Waals surface area contributed by atoms with Gasteiger partial charge in [0, 0.05) is 6.42 Å². The van der Waals surface area contributed by atoms with Gasteiger partial charge in [0.1, 0.15) is 5.54 Å². The first kappa shape index (κ1) is 16.2. The third kappa shape index (κ3) is 3.95. The third-order valence-corrected chi connectivity index (χ3v) is 3.98. The predicted molar refractivity (Wildman–Crippen MR) is 89.7 cm³/mol. The number of nitrogens with two attached hydrogens (primary N) is 1. The van der Waals surface area contributed by atoms with Crippen molar-refractivity contribution in [2.75, 3.05) is 0 Å². The number of hydrogen-bond donors (Lipinski definition) is 2. The number of hydrogen-bond acceptors (Lipinski definition) is 2. The molecule has 1 atom stereocenters. The summed E-state index contributed by atoms with van der Waals surface area (Å²) in [7, 11) is 0. The van der Waals surface area contributed by atoms with Gasteiger partial charge in [-0.1, -0.05) is 74.4 Å². The van der Waals surface area contributed by atoms with Crippen LogP contribution < -0.4 is 5.73 Å². The van der Waals surface area contributed by atoms with E-state index in [4.69, 9.17) is 5.73 Å².